The zero-order valence-electron chi connectivity index (χ0n) is 16.5. The van der Waals surface area contributed by atoms with E-state index in [2.05, 4.69) is 16.8 Å². The number of aromatic nitrogens is 2. The maximum atomic E-state index is 12.0. The molecule has 1 saturated carbocycles. The molecule has 1 unspecified atom stereocenters. The normalized spacial score (nSPS) is 21.0. The monoisotopic (exact) mass is 385 g/mol. The van der Waals surface area contributed by atoms with E-state index in [1.54, 1.807) is 12.3 Å². The highest BCUT2D eigenvalue weighted by molar-refractivity contribution is 5.36. The predicted molar refractivity (Wildman–Crippen MR) is 111 cm³/mol. The fraction of sp³-hybridized carbons (Fsp3) is 0.524. The summed E-state index contributed by atoms with van der Waals surface area (Å²) in [6.45, 7) is 3.07. The van der Waals surface area contributed by atoms with Crippen molar-refractivity contribution in [1.82, 2.24) is 14.5 Å². The summed E-state index contributed by atoms with van der Waals surface area (Å²) in [5, 5.41) is 9.53. The Bertz CT molecular complexity index is 812. The van der Waals surface area contributed by atoms with Crippen LogP contribution in [0.3, 0.4) is 0 Å². The minimum atomic E-state index is -0.384. The zero-order valence-corrected chi connectivity index (χ0v) is 16.5. The largest absolute Gasteiger partial charge is 0.395 e. The number of aliphatic hydroxyl groups excluding tert-OH is 1. The average molecular weight is 386 g/mol. The second kappa shape index (κ2) is 9.32. The Labute approximate surface area is 166 Å². The topological polar surface area (TPSA) is 110 Å². The van der Waals surface area contributed by atoms with Crippen molar-refractivity contribution in [2.24, 2.45) is 5.73 Å². The van der Waals surface area contributed by atoms with Crippen molar-refractivity contribution in [1.29, 1.82) is 0 Å². The van der Waals surface area contributed by atoms with E-state index in [1.165, 1.54) is 10.1 Å². The fourth-order valence-corrected chi connectivity index (χ4v) is 4.18. The third kappa shape index (κ3) is 4.98. The molecular formula is C21H31N5O2. The molecule has 7 nitrogen and oxygen atoms in total. The maximum absolute atomic E-state index is 12.0. The summed E-state index contributed by atoms with van der Waals surface area (Å²) >= 11 is 0. The molecule has 1 aliphatic rings. The second-order valence-electron chi connectivity index (χ2n) is 7.75. The van der Waals surface area contributed by atoms with E-state index in [-0.39, 0.29) is 18.1 Å². The Morgan fingerprint density at radius 1 is 1.21 bits per heavy atom. The number of rotatable bonds is 7. The number of aliphatic hydroxyl groups is 1. The molecule has 1 aromatic carbocycles. The van der Waals surface area contributed by atoms with E-state index in [4.69, 9.17) is 11.5 Å². The van der Waals surface area contributed by atoms with Crippen molar-refractivity contribution in [2.75, 3.05) is 18.9 Å². The van der Waals surface area contributed by atoms with E-state index in [0.717, 1.165) is 37.8 Å². The van der Waals surface area contributed by atoms with Crippen molar-refractivity contribution >= 4 is 5.82 Å². The number of nitrogen functional groups attached to an aromatic ring is 1. The first-order valence-electron chi connectivity index (χ1n) is 10.0. The van der Waals surface area contributed by atoms with E-state index >= 15 is 0 Å². The van der Waals surface area contributed by atoms with Gasteiger partial charge in [-0.3, -0.25) is 9.47 Å². The van der Waals surface area contributed by atoms with Gasteiger partial charge in [0.15, 0.2) is 0 Å². The van der Waals surface area contributed by atoms with Crippen LogP contribution >= 0.6 is 0 Å². The Hall–Kier alpha value is -2.22. The number of anilines is 1. The van der Waals surface area contributed by atoms with Crippen LogP contribution in [0.4, 0.5) is 5.82 Å². The smallest absolute Gasteiger partial charge is 0.354 e. The van der Waals surface area contributed by atoms with E-state index in [0.29, 0.717) is 24.7 Å². The van der Waals surface area contributed by atoms with Gasteiger partial charge in [0.1, 0.15) is 5.82 Å². The fourth-order valence-electron chi connectivity index (χ4n) is 4.18. The predicted octanol–water partition coefficient (Wildman–Crippen LogP) is 1.31. The van der Waals surface area contributed by atoms with Gasteiger partial charge in [0, 0.05) is 30.9 Å². The Balaban J connectivity index is 1.68. The third-order valence-electron chi connectivity index (χ3n) is 5.71. The lowest BCUT2D eigenvalue weighted by Gasteiger charge is -2.39. The van der Waals surface area contributed by atoms with Crippen LogP contribution in [0.5, 0.6) is 0 Å². The summed E-state index contributed by atoms with van der Waals surface area (Å²) < 4.78 is 1.48. The molecule has 1 fully saturated rings. The van der Waals surface area contributed by atoms with Crippen molar-refractivity contribution in [3.8, 4) is 5.69 Å². The van der Waals surface area contributed by atoms with Crippen molar-refractivity contribution in [2.45, 2.75) is 57.2 Å². The van der Waals surface area contributed by atoms with Gasteiger partial charge in [0.25, 0.3) is 0 Å². The summed E-state index contributed by atoms with van der Waals surface area (Å²) in [6.07, 6.45) is 6.82. The van der Waals surface area contributed by atoms with Gasteiger partial charge in [0.05, 0.1) is 12.3 Å². The van der Waals surface area contributed by atoms with Crippen LogP contribution < -0.4 is 17.2 Å². The number of hydrogen-bond donors (Lipinski definition) is 3. The Morgan fingerprint density at radius 3 is 2.50 bits per heavy atom. The number of hydrogen-bond acceptors (Lipinski definition) is 6. The molecule has 1 aliphatic carbocycles. The molecule has 28 heavy (non-hydrogen) atoms. The molecule has 1 heterocycles. The van der Waals surface area contributed by atoms with Crippen LogP contribution in [0.2, 0.25) is 0 Å². The highest BCUT2D eigenvalue weighted by Crippen LogP contribution is 2.25. The van der Waals surface area contributed by atoms with Crippen LogP contribution in [0, 0.1) is 0 Å². The van der Waals surface area contributed by atoms with E-state index in [9.17, 15) is 9.90 Å². The lowest BCUT2D eigenvalue weighted by atomic mass is 9.89. The van der Waals surface area contributed by atoms with Gasteiger partial charge >= 0.3 is 5.69 Å². The standard InChI is InChI=1S/C21H31N5O2/c1-15(25(12-13-27)18-8-4-17(22)5-9-18)14-16-2-6-19(7-3-16)26-11-10-20(23)24-21(26)28/h2-3,6-7,10-11,15,17-18,27H,4-5,8-9,12-14,22H2,1H3,(H2,23,24,28). The first kappa shape index (κ1) is 20.5. The zero-order chi connectivity index (χ0) is 20.1. The minimum absolute atomic E-state index is 0.166. The van der Waals surface area contributed by atoms with Crippen LogP contribution in [0.25, 0.3) is 5.69 Å². The number of nitrogens with zero attached hydrogens (tertiary/aromatic N) is 3. The molecule has 1 atom stereocenters. The molecule has 2 aromatic rings. The molecule has 0 saturated heterocycles. The van der Waals surface area contributed by atoms with Crippen LogP contribution in [0.1, 0.15) is 38.2 Å². The average Bonchev–Trinajstić information content (AvgIpc) is 2.68. The van der Waals surface area contributed by atoms with Crippen LogP contribution in [-0.4, -0.2) is 50.8 Å². The van der Waals surface area contributed by atoms with Crippen molar-refractivity contribution in [3.63, 3.8) is 0 Å². The van der Waals surface area contributed by atoms with Gasteiger partial charge in [-0.2, -0.15) is 4.98 Å². The van der Waals surface area contributed by atoms with Crippen LogP contribution in [-0.2, 0) is 6.42 Å². The SMILES string of the molecule is CC(Cc1ccc(-n2ccc(N)nc2=O)cc1)N(CCO)C1CCC(N)CC1. The Kier molecular flexibility index (Phi) is 6.83. The van der Waals surface area contributed by atoms with E-state index in [1.807, 2.05) is 24.3 Å². The maximum Gasteiger partial charge on any atom is 0.354 e. The molecule has 5 N–H and O–H groups in total. The third-order valence-corrected chi connectivity index (χ3v) is 5.71. The van der Waals surface area contributed by atoms with Gasteiger partial charge in [-0.15, -0.1) is 0 Å². The minimum Gasteiger partial charge on any atom is -0.395 e. The molecule has 0 spiro atoms. The van der Waals surface area contributed by atoms with Gasteiger partial charge in [-0.25, -0.2) is 4.79 Å². The first-order valence-corrected chi connectivity index (χ1v) is 10.0. The summed E-state index contributed by atoms with van der Waals surface area (Å²) in [5.41, 5.74) is 13.2. The van der Waals surface area contributed by atoms with Gasteiger partial charge in [0.2, 0.25) is 0 Å². The lowest BCUT2D eigenvalue weighted by Crippen LogP contribution is -2.47. The molecule has 0 aliphatic heterocycles. The first-order chi connectivity index (χ1) is 13.5. The summed E-state index contributed by atoms with van der Waals surface area (Å²) in [5.74, 6) is 0.222. The Morgan fingerprint density at radius 2 is 1.89 bits per heavy atom. The summed E-state index contributed by atoms with van der Waals surface area (Å²) in [4.78, 5) is 18.2. The van der Waals surface area contributed by atoms with Gasteiger partial charge in [-0.05, 0) is 62.8 Å². The molecule has 0 radical (unpaired) electrons. The second-order valence-corrected chi connectivity index (χ2v) is 7.75. The number of benzene rings is 1. The molecule has 0 amide bonds. The molecule has 1 aromatic heterocycles. The summed E-state index contributed by atoms with van der Waals surface area (Å²) in [7, 11) is 0. The number of nitrogens with two attached hydrogens (primary N) is 2. The highest BCUT2D eigenvalue weighted by Gasteiger charge is 2.27. The van der Waals surface area contributed by atoms with E-state index < -0.39 is 0 Å². The van der Waals surface area contributed by atoms with Gasteiger partial charge < -0.3 is 16.6 Å². The molecule has 3 rings (SSSR count). The molecular weight excluding hydrogens is 354 g/mol. The lowest BCUT2D eigenvalue weighted by molar-refractivity contribution is 0.0840. The molecule has 0 bridgehead atoms. The van der Waals surface area contributed by atoms with Gasteiger partial charge in [-0.1, -0.05) is 12.1 Å². The van der Waals surface area contributed by atoms with Crippen molar-refractivity contribution in [3.05, 3.63) is 52.6 Å². The van der Waals surface area contributed by atoms with Crippen LogP contribution in [0.15, 0.2) is 41.3 Å². The van der Waals surface area contributed by atoms with Crippen molar-refractivity contribution < 1.29 is 5.11 Å². The summed E-state index contributed by atoms with van der Waals surface area (Å²) in [6, 6.07) is 10.7. The molecule has 152 valence electrons. The quantitative estimate of drug-likeness (QED) is 0.663. The highest BCUT2D eigenvalue weighted by atomic mass is 16.3. The molecule has 7 heteroatoms.